The zero-order chi connectivity index (χ0) is 15.5. The van der Waals surface area contributed by atoms with E-state index < -0.39 is 43.2 Å². The minimum absolute atomic E-state index is 0.256. The van der Waals surface area contributed by atoms with E-state index in [0.717, 1.165) is 12.1 Å². The molecule has 1 aromatic rings. The Labute approximate surface area is 125 Å². The van der Waals surface area contributed by atoms with Crippen LogP contribution >= 0.6 is 23.2 Å². The van der Waals surface area contributed by atoms with Crippen LogP contribution in [0.2, 0.25) is 10.0 Å². The van der Waals surface area contributed by atoms with Gasteiger partial charge in [0.1, 0.15) is 14.9 Å². The average molecular weight is 343 g/mol. The summed E-state index contributed by atoms with van der Waals surface area (Å²) in [5.74, 6) is 0. The minimum atomic E-state index is -4.09. The van der Waals surface area contributed by atoms with Crippen molar-refractivity contribution in [2.24, 2.45) is 0 Å². The van der Waals surface area contributed by atoms with Crippen LogP contribution in [-0.2, 0) is 10.0 Å². The van der Waals surface area contributed by atoms with Gasteiger partial charge in [-0.2, -0.15) is 0 Å². The van der Waals surface area contributed by atoms with E-state index in [2.05, 4.69) is 4.72 Å². The maximum Gasteiger partial charge on any atom is 0.307 e. The lowest BCUT2D eigenvalue weighted by molar-refractivity contribution is -0.384. The summed E-state index contributed by atoms with van der Waals surface area (Å²) in [6.45, 7) is 1.28. The predicted octanol–water partition coefficient (Wildman–Crippen LogP) is 1.95. The fourth-order valence-corrected chi connectivity index (χ4v) is 3.63. The maximum absolute atomic E-state index is 12.1. The van der Waals surface area contributed by atoms with Gasteiger partial charge < -0.3 is 5.11 Å². The second kappa shape index (κ2) is 6.68. The van der Waals surface area contributed by atoms with E-state index in [1.54, 1.807) is 6.92 Å². The number of nitro benzene ring substituents is 1. The Morgan fingerprint density at radius 1 is 1.45 bits per heavy atom. The second-order valence-corrected chi connectivity index (χ2v) is 6.34. The van der Waals surface area contributed by atoms with Crippen molar-refractivity contribution in [1.82, 2.24) is 4.72 Å². The number of nitrogens with zero attached hydrogens (tertiary/aromatic N) is 1. The molecule has 7 nitrogen and oxygen atoms in total. The molecule has 2 N–H and O–H groups in total. The van der Waals surface area contributed by atoms with Gasteiger partial charge >= 0.3 is 5.69 Å². The summed E-state index contributed by atoms with van der Waals surface area (Å²) in [6.07, 6.45) is 0.350. The predicted molar refractivity (Wildman–Crippen MR) is 74.6 cm³/mol. The molecule has 0 aromatic heterocycles. The Kier molecular flexibility index (Phi) is 5.72. The summed E-state index contributed by atoms with van der Waals surface area (Å²) in [4.78, 5) is 9.53. The number of hydrogen-bond donors (Lipinski definition) is 2. The Morgan fingerprint density at radius 3 is 2.50 bits per heavy atom. The number of halogens is 2. The fraction of sp³-hybridized carbons (Fsp3) is 0.400. The van der Waals surface area contributed by atoms with E-state index in [4.69, 9.17) is 28.3 Å². The van der Waals surface area contributed by atoms with Crippen LogP contribution in [0.15, 0.2) is 17.0 Å². The molecular formula is C10H12Cl2N2O5S. The third-order valence-corrected chi connectivity index (χ3v) is 4.90. The third kappa shape index (κ3) is 3.58. The molecule has 1 atom stereocenters. The molecule has 0 saturated carbocycles. The van der Waals surface area contributed by atoms with Crippen LogP contribution in [0.3, 0.4) is 0 Å². The van der Waals surface area contributed by atoms with E-state index in [1.807, 2.05) is 0 Å². The Hall–Kier alpha value is -0.930. The molecule has 0 spiro atoms. The monoisotopic (exact) mass is 342 g/mol. The molecule has 0 heterocycles. The first kappa shape index (κ1) is 17.1. The quantitative estimate of drug-likeness (QED) is 0.606. The zero-order valence-electron chi connectivity index (χ0n) is 10.3. The summed E-state index contributed by atoms with van der Waals surface area (Å²) in [7, 11) is -4.09. The molecule has 0 aliphatic heterocycles. The molecule has 0 amide bonds. The summed E-state index contributed by atoms with van der Waals surface area (Å²) in [5, 5.41) is 19.0. The highest BCUT2D eigenvalue weighted by Crippen LogP contribution is 2.37. The van der Waals surface area contributed by atoms with Crippen molar-refractivity contribution in [3.63, 3.8) is 0 Å². The summed E-state index contributed by atoms with van der Waals surface area (Å²) < 4.78 is 26.4. The molecule has 0 aliphatic carbocycles. The van der Waals surface area contributed by atoms with Crippen LogP contribution in [0.4, 0.5) is 5.69 Å². The van der Waals surface area contributed by atoms with Crippen LogP contribution in [0, 0.1) is 10.1 Å². The van der Waals surface area contributed by atoms with Crippen molar-refractivity contribution in [2.45, 2.75) is 24.3 Å². The maximum atomic E-state index is 12.1. The normalized spacial score (nSPS) is 13.2. The average Bonchev–Trinajstić information content (AvgIpc) is 2.35. The lowest BCUT2D eigenvalue weighted by Crippen LogP contribution is -2.37. The molecule has 0 saturated heterocycles. The van der Waals surface area contributed by atoms with Crippen molar-refractivity contribution in [3.05, 3.63) is 32.3 Å². The number of hydrogen-bond acceptors (Lipinski definition) is 5. The molecule has 0 aliphatic rings. The number of nitro groups is 1. The molecule has 10 heteroatoms. The van der Waals surface area contributed by atoms with Gasteiger partial charge in [-0.05, 0) is 18.6 Å². The largest absolute Gasteiger partial charge is 0.395 e. The first-order chi connectivity index (χ1) is 9.24. The molecule has 0 radical (unpaired) electrons. The third-order valence-electron chi connectivity index (χ3n) is 2.54. The van der Waals surface area contributed by atoms with Crippen LogP contribution < -0.4 is 4.72 Å². The minimum Gasteiger partial charge on any atom is -0.395 e. The summed E-state index contributed by atoms with van der Waals surface area (Å²) >= 11 is 11.4. The van der Waals surface area contributed by atoms with Crippen molar-refractivity contribution in [1.29, 1.82) is 0 Å². The van der Waals surface area contributed by atoms with Gasteiger partial charge in [-0.25, -0.2) is 13.1 Å². The van der Waals surface area contributed by atoms with Crippen molar-refractivity contribution in [3.8, 4) is 0 Å². The van der Waals surface area contributed by atoms with Gasteiger partial charge in [0.05, 0.1) is 11.5 Å². The first-order valence-electron chi connectivity index (χ1n) is 5.50. The number of benzene rings is 1. The molecule has 0 unspecified atom stereocenters. The standard InChI is InChI=1S/C10H12Cl2N2O5S/c1-2-6(5-15)13-20(18,19)8-4-3-7(11)10(9(8)12)14(16)17/h3-4,6,13,15H,2,5H2,1H3/t6-/m1/s1. The van der Waals surface area contributed by atoms with Crippen LogP contribution in [-0.4, -0.2) is 31.1 Å². The highest BCUT2D eigenvalue weighted by molar-refractivity contribution is 7.89. The molecular weight excluding hydrogens is 331 g/mol. The van der Waals surface area contributed by atoms with Gasteiger partial charge in [-0.1, -0.05) is 30.1 Å². The van der Waals surface area contributed by atoms with E-state index in [1.165, 1.54) is 0 Å². The van der Waals surface area contributed by atoms with E-state index >= 15 is 0 Å². The smallest absolute Gasteiger partial charge is 0.307 e. The van der Waals surface area contributed by atoms with Gasteiger partial charge in [-0.15, -0.1) is 0 Å². The topological polar surface area (TPSA) is 110 Å². The zero-order valence-corrected chi connectivity index (χ0v) is 12.7. The molecule has 112 valence electrons. The van der Waals surface area contributed by atoms with Crippen LogP contribution in [0.25, 0.3) is 0 Å². The Bertz CT molecular complexity index is 616. The van der Waals surface area contributed by atoms with Gasteiger partial charge in [0.25, 0.3) is 0 Å². The molecule has 0 bridgehead atoms. The van der Waals surface area contributed by atoms with E-state index in [9.17, 15) is 18.5 Å². The molecule has 1 rings (SSSR count). The molecule has 1 aromatic carbocycles. The van der Waals surface area contributed by atoms with E-state index in [-0.39, 0.29) is 5.02 Å². The Balaban J connectivity index is 3.33. The van der Waals surface area contributed by atoms with Crippen molar-refractivity contribution >= 4 is 38.9 Å². The first-order valence-corrected chi connectivity index (χ1v) is 7.74. The highest BCUT2D eigenvalue weighted by atomic mass is 35.5. The van der Waals surface area contributed by atoms with Crippen molar-refractivity contribution < 1.29 is 18.4 Å². The van der Waals surface area contributed by atoms with Crippen molar-refractivity contribution in [2.75, 3.05) is 6.61 Å². The number of rotatable bonds is 6. The Morgan fingerprint density at radius 2 is 2.05 bits per heavy atom. The lowest BCUT2D eigenvalue weighted by Gasteiger charge is -2.15. The second-order valence-electron chi connectivity index (χ2n) is 3.87. The van der Waals surface area contributed by atoms with Gasteiger partial charge in [0, 0.05) is 6.04 Å². The molecule has 20 heavy (non-hydrogen) atoms. The molecule has 0 fully saturated rings. The summed E-state index contributed by atoms with van der Waals surface area (Å²) in [6, 6.07) is 1.45. The van der Waals surface area contributed by atoms with Gasteiger partial charge in [-0.3, -0.25) is 10.1 Å². The summed E-state index contributed by atoms with van der Waals surface area (Å²) in [5.41, 5.74) is -0.673. The fourth-order valence-electron chi connectivity index (χ4n) is 1.43. The van der Waals surface area contributed by atoms with Crippen LogP contribution in [0.1, 0.15) is 13.3 Å². The highest BCUT2D eigenvalue weighted by Gasteiger charge is 2.28. The van der Waals surface area contributed by atoms with E-state index in [0.29, 0.717) is 6.42 Å². The number of aliphatic hydroxyl groups excluding tert-OH is 1. The number of nitrogens with one attached hydrogen (secondary N) is 1. The van der Waals surface area contributed by atoms with Gasteiger partial charge in [0.2, 0.25) is 10.0 Å². The van der Waals surface area contributed by atoms with Crippen LogP contribution in [0.5, 0.6) is 0 Å². The lowest BCUT2D eigenvalue weighted by atomic mass is 10.3. The SMILES string of the molecule is CC[C@H](CO)NS(=O)(=O)c1ccc(Cl)c([N+](=O)[O-])c1Cl. The number of aliphatic hydroxyl groups is 1. The number of sulfonamides is 1. The van der Waals surface area contributed by atoms with Gasteiger partial charge in [0.15, 0.2) is 0 Å².